The first-order valence-electron chi connectivity index (χ1n) is 3.25. The van der Waals surface area contributed by atoms with Gasteiger partial charge in [-0.3, -0.25) is 0 Å². The minimum atomic E-state index is -4.41. The molecule has 1 saturated carbocycles. The van der Waals surface area contributed by atoms with Crippen LogP contribution in [0.3, 0.4) is 0 Å². The van der Waals surface area contributed by atoms with Gasteiger partial charge in [0.25, 0.3) is 0 Å². The van der Waals surface area contributed by atoms with E-state index in [4.69, 9.17) is 5.11 Å². The molecule has 1 N–H and O–H groups in total. The van der Waals surface area contributed by atoms with E-state index >= 15 is 0 Å². The van der Waals surface area contributed by atoms with E-state index in [1.807, 2.05) is 0 Å². The Balaban J connectivity index is 2.25. The molecule has 1 nitrogen and oxygen atoms in total. The molecule has 0 aromatic rings. The van der Waals surface area contributed by atoms with Crippen molar-refractivity contribution in [2.24, 2.45) is 5.92 Å². The molecule has 0 aromatic carbocycles. The third-order valence-electron chi connectivity index (χ3n) is 1.63. The van der Waals surface area contributed by atoms with Gasteiger partial charge < -0.3 is 5.11 Å². The van der Waals surface area contributed by atoms with Gasteiger partial charge in [0.15, 0.2) is 0 Å². The topological polar surface area (TPSA) is 20.2 Å². The monoisotopic (exact) mass is 154 g/mol. The van der Waals surface area contributed by atoms with Crippen molar-refractivity contribution in [2.75, 3.05) is 0 Å². The Morgan fingerprint density at radius 1 is 1.40 bits per heavy atom. The van der Waals surface area contributed by atoms with Crippen LogP contribution in [0.15, 0.2) is 0 Å². The maximum absolute atomic E-state index is 11.6. The van der Waals surface area contributed by atoms with Crippen LogP contribution in [0.25, 0.3) is 0 Å². The molecule has 0 saturated heterocycles. The quantitative estimate of drug-likeness (QED) is 0.641. The van der Waals surface area contributed by atoms with Gasteiger partial charge in [0.1, 0.15) is 6.10 Å². The molecule has 1 fully saturated rings. The minimum absolute atomic E-state index is 0.108. The van der Waals surface area contributed by atoms with E-state index in [9.17, 15) is 13.2 Å². The average Bonchev–Trinajstić information content (AvgIpc) is 2.47. The molecule has 4 heteroatoms. The van der Waals surface area contributed by atoms with Crippen LogP contribution >= 0.6 is 0 Å². The second kappa shape index (κ2) is 2.42. The molecule has 0 aromatic heterocycles. The predicted octanol–water partition coefficient (Wildman–Crippen LogP) is 1.71. The molecule has 1 aliphatic rings. The van der Waals surface area contributed by atoms with Crippen LogP contribution in [0.4, 0.5) is 13.2 Å². The van der Waals surface area contributed by atoms with Crippen molar-refractivity contribution in [1.29, 1.82) is 0 Å². The summed E-state index contributed by atoms with van der Waals surface area (Å²) in [5.74, 6) is 0.122. The summed E-state index contributed by atoms with van der Waals surface area (Å²) in [5, 5.41) is 8.47. The Hall–Kier alpha value is -0.250. The fourth-order valence-electron chi connectivity index (χ4n) is 0.803. The second-order valence-electron chi connectivity index (χ2n) is 2.74. The van der Waals surface area contributed by atoms with E-state index in [-0.39, 0.29) is 12.3 Å². The lowest BCUT2D eigenvalue weighted by atomic mass is 10.2. The van der Waals surface area contributed by atoms with Gasteiger partial charge in [-0.15, -0.1) is 0 Å². The zero-order chi connectivity index (χ0) is 7.78. The fourth-order valence-corrected chi connectivity index (χ4v) is 0.803. The number of aliphatic hydroxyl groups excluding tert-OH is 1. The zero-order valence-electron chi connectivity index (χ0n) is 5.36. The smallest absolute Gasteiger partial charge is 0.384 e. The van der Waals surface area contributed by atoms with Crippen molar-refractivity contribution in [1.82, 2.24) is 0 Å². The van der Waals surface area contributed by atoms with E-state index in [0.717, 1.165) is 12.8 Å². The van der Waals surface area contributed by atoms with Crippen LogP contribution in [-0.4, -0.2) is 17.4 Å². The highest BCUT2D eigenvalue weighted by molar-refractivity contribution is 4.79. The van der Waals surface area contributed by atoms with Gasteiger partial charge in [-0.05, 0) is 12.3 Å². The van der Waals surface area contributed by atoms with Gasteiger partial charge in [-0.1, -0.05) is 12.8 Å². The third kappa shape index (κ3) is 2.17. The van der Waals surface area contributed by atoms with Crippen LogP contribution in [0, 0.1) is 5.92 Å². The average molecular weight is 154 g/mol. The molecule has 0 spiro atoms. The van der Waals surface area contributed by atoms with Gasteiger partial charge in [0.05, 0.1) is 0 Å². The highest BCUT2D eigenvalue weighted by atomic mass is 19.4. The number of hydrogen-bond donors (Lipinski definition) is 1. The van der Waals surface area contributed by atoms with E-state index in [1.54, 1.807) is 0 Å². The van der Waals surface area contributed by atoms with E-state index in [1.165, 1.54) is 0 Å². The Kier molecular flexibility index (Phi) is 1.90. The van der Waals surface area contributed by atoms with Crippen molar-refractivity contribution in [3.05, 3.63) is 0 Å². The summed E-state index contributed by atoms with van der Waals surface area (Å²) in [7, 11) is 0. The number of aliphatic hydroxyl groups is 1. The molecular formula is C6H9F3O. The van der Waals surface area contributed by atoms with Gasteiger partial charge in [-0.25, -0.2) is 0 Å². The molecule has 1 rings (SSSR count). The molecule has 10 heavy (non-hydrogen) atoms. The highest BCUT2D eigenvalue weighted by Gasteiger charge is 2.41. The first kappa shape index (κ1) is 7.85. The molecule has 0 radical (unpaired) electrons. The predicted molar refractivity (Wildman–Crippen MR) is 29.4 cm³/mol. The Morgan fingerprint density at radius 3 is 2.20 bits per heavy atom. The van der Waals surface area contributed by atoms with Crippen molar-refractivity contribution in [2.45, 2.75) is 31.5 Å². The van der Waals surface area contributed by atoms with Crippen molar-refractivity contribution < 1.29 is 18.3 Å². The summed E-state index contributed by atoms with van der Waals surface area (Å²) in [6.07, 6.45) is -4.94. The summed E-state index contributed by atoms with van der Waals surface area (Å²) in [5.41, 5.74) is 0. The Morgan fingerprint density at radius 2 is 1.90 bits per heavy atom. The number of hydrogen-bond acceptors (Lipinski definition) is 1. The normalized spacial score (nSPS) is 22.8. The van der Waals surface area contributed by atoms with Crippen molar-refractivity contribution in [3.8, 4) is 0 Å². The fraction of sp³-hybridized carbons (Fsp3) is 1.00. The van der Waals surface area contributed by atoms with Gasteiger partial charge in [-0.2, -0.15) is 13.2 Å². The summed E-state index contributed by atoms with van der Waals surface area (Å²) in [6.45, 7) is 0. The minimum Gasteiger partial charge on any atom is -0.384 e. The first-order chi connectivity index (χ1) is 4.50. The number of rotatable bonds is 2. The molecule has 60 valence electrons. The summed E-state index contributed by atoms with van der Waals surface area (Å²) < 4.78 is 34.8. The molecule has 0 aliphatic heterocycles. The van der Waals surface area contributed by atoms with Gasteiger partial charge >= 0.3 is 6.18 Å². The van der Waals surface area contributed by atoms with Crippen LogP contribution in [-0.2, 0) is 0 Å². The molecule has 0 amide bonds. The second-order valence-corrected chi connectivity index (χ2v) is 2.74. The lowest BCUT2D eigenvalue weighted by Crippen LogP contribution is -2.28. The summed E-state index contributed by atoms with van der Waals surface area (Å²) in [4.78, 5) is 0. The molecule has 1 atom stereocenters. The lowest BCUT2D eigenvalue weighted by Gasteiger charge is -2.12. The first-order valence-corrected chi connectivity index (χ1v) is 3.25. The standard InChI is InChI=1S/C6H9F3O/c7-6(8,9)5(10)3-4-1-2-4/h4-5,10H,1-3H2/t5-/m0/s1. The van der Waals surface area contributed by atoms with Crippen LogP contribution in [0.1, 0.15) is 19.3 Å². The largest absolute Gasteiger partial charge is 0.414 e. The summed E-state index contributed by atoms with van der Waals surface area (Å²) >= 11 is 0. The SMILES string of the molecule is O[C@@H](CC1CC1)C(F)(F)F. The van der Waals surface area contributed by atoms with Gasteiger partial charge in [0.2, 0.25) is 0 Å². The Bertz CT molecular complexity index is 117. The maximum Gasteiger partial charge on any atom is 0.414 e. The lowest BCUT2D eigenvalue weighted by molar-refractivity contribution is -0.206. The number of alkyl halides is 3. The van der Waals surface area contributed by atoms with E-state index in [2.05, 4.69) is 0 Å². The molecule has 0 unspecified atom stereocenters. The third-order valence-corrected chi connectivity index (χ3v) is 1.63. The van der Waals surface area contributed by atoms with Crippen molar-refractivity contribution in [3.63, 3.8) is 0 Å². The Labute approximate surface area is 56.8 Å². The maximum atomic E-state index is 11.6. The van der Waals surface area contributed by atoms with Crippen LogP contribution in [0.5, 0.6) is 0 Å². The van der Waals surface area contributed by atoms with Crippen molar-refractivity contribution >= 4 is 0 Å². The van der Waals surface area contributed by atoms with Gasteiger partial charge in [0, 0.05) is 0 Å². The molecule has 0 bridgehead atoms. The number of halogens is 3. The zero-order valence-corrected chi connectivity index (χ0v) is 5.36. The summed E-state index contributed by atoms with van der Waals surface area (Å²) in [6, 6.07) is 0. The molecule has 0 heterocycles. The highest BCUT2D eigenvalue weighted by Crippen LogP contribution is 2.37. The van der Waals surface area contributed by atoms with E-state index in [0.29, 0.717) is 0 Å². The van der Waals surface area contributed by atoms with Crippen LogP contribution in [0.2, 0.25) is 0 Å². The van der Waals surface area contributed by atoms with E-state index < -0.39 is 12.3 Å². The van der Waals surface area contributed by atoms with Crippen LogP contribution < -0.4 is 0 Å². The molecular weight excluding hydrogens is 145 g/mol. The molecule has 1 aliphatic carbocycles.